The molecule has 1 aliphatic heterocycles. The van der Waals surface area contributed by atoms with Crippen LogP contribution in [0.5, 0.6) is 0 Å². The van der Waals surface area contributed by atoms with Crippen LogP contribution < -0.4 is 14.9 Å². The highest BCUT2D eigenvalue weighted by Crippen LogP contribution is 2.19. The first-order valence-electron chi connectivity index (χ1n) is 11.1. The number of benzene rings is 2. The maximum atomic E-state index is 12.7. The van der Waals surface area contributed by atoms with Crippen molar-refractivity contribution in [3.05, 3.63) is 84.1 Å². The highest BCUT2D eigenvalue weighted by molar-refractivity contribution is 7.92. The van der Waals surface area contributed by atoms with E-state index in [0.717, 1.165) is 24.5 Å². The van der Waals surface area contributed by atoms with Crippen LogP contribution in [0.15, 0.2) is 77.8 Å². The number of carbonyl (C=O) groups is 1. The molecule has 1 aromatic heterocycles. The van der Waals surface area contributed by atoms with Crippen LogP contribution in [0, 0.1) is 0 Å². The number of nitrogens with zero attached hydrogens (tertiary/aromatic N) is 2. The number of carbonyl (C=O) groups excluding carboxylic acids is 1. The molecule has 8 nitrogen and oxygen atoms in total. The number of morpholine rings is 1. The van der Waals surface area contributed by atoms with Gasteiger partial charge in [0.25, 0.3) is 15.9 Å². The van der Waals surface area contributed by atoms with Crippen LogP contribution >= 0.6 is 0 Å². The second-order valence-corrected chi connectivity index (χ2v) is 10.1. The summed E-state index contributed by atoms with van der Waals surface area (Å²) in [5.41, 5.74) is 1.54. The molecule has 0 bridgehead atoms. The topological polar surface area (TPSA) is 101 Å². The Morgan fingerprint density at radius 1 is 1.03 bits per heavy atom. The molecule has 2 aromatic carbocycles. The minimum atomic E-state index is -3.73. The number of nitrogens with one attached hydrogen (secondary N) is 2. The first kappa shape index (κ1) is 23.7. The van der Waals surface area contributed by atoms with E-state index in [2.05, 4.69) is 19.9 Å². The monoisotopic (exact) mass is 480 g/mol. The third kappa shape index (κ3) is 5.92. The van der Waals surface area contributed by atoms with Crippen molar-refractivity contribution in [1.82, 2.24) is 10.3 Å². The summed E-state index contributed by atoms with van der Waals surface area (Å²) in [7, 11) is -3.73. The van der Waals surface area contributed by atoms with Crippen molar-refractivity contribution in [2.24, 2.45) is 0 Å². The van der Waals surface area contributed by atoms with E-state index in [0.29, 0.717) is 17.8 Å². The summed E-state index contributed by atoms with van der Waals surface area (Å²) < 4.78 is 33.4. The minimum Gasteiger partial charge on any atom is -0.372 e. The Bertz CT molecular complexity index is 1220. The van der Waals surface area contributed by atoms with E-state index < -0.39 is 10.0 Å². The molecule has 178 valence electrons. The summed E-state index contributed by atoms with van der Waals surface area (Å²) >= 11 is 0. The number of sulfonamides is 1. The number of amides is 1. The first-order valence-corrected chi connectivity index (χ1v) is 12.6. The Balaban J connectivity index is 1.36. The van der Waals surface area contributed by atoms with Crippen LogP contribution in [-0.4, -0.2) is 44.6 Å². The van der Waals surface area contributed by atoms with Crippen molar-refractivity contribution >= 4 is 27.4 Å². The molecule has 2 N–H and O–H groups in total. The van der Waals surface area contributed by atoms with E-state index in [-0.39, 0.29) is 23.0 Å². The maximum Gasteiger partial charge on any atom is 0.261 e. The van der Waals surface area contributed by atoms with Crippen molar-refractivity contribution in [3.8, 4) is 0 Å². The van der Waals surface area contributed by atoms with Crippen molar-refractivity contribution < 1.29 is 17.9 Å². The number of pyridine rings is 1. The van der Waals surface area contributed by atoms with Crippen molar-refractivity contribution in [2.75, 3.05) is 22.7 Å². The lowest BCUT2D eigenvalue weighted by Gasteiger charge is -2.36. The quantitative estimate of drug-likeness (QED) is 0.537. The molecule has 1 aliphatic rings. The number of aromatic nitrogens is 1. The van der Waals surface area contributed by atoms with Crippen molar-refractivity contribution in [1.29, 1.82) is 0 Å². The third-order valence-electron chi connectivity index (χ3n) is 5.44. The van der Waals surface area contributed by atoms with Crippen LogP contribution in [0.2, 0.25) is 0 Å². The molecule has 2 unspecified atom stereocenters. The number of ether oxygens (including phenoxy) is 1. The Morgan fingerprint density at radius 3 is 2.44 bits per heavy atom. The molecule has 0 radical (unpaired) electrons. The molecule has 2 atom stereocenters. The van der Waals surface area contributed by atoms with E-state index in [1.54, 1.807) is 42.6 Å². The lowest BCUT2D eigenvalue weighted by atomic mass is 10.2. The standard InChI is InChI=1S/C25H28N4O4S/c1-18-16-29(17-19(2)33-18)24-12-11-20(14-26-24)15-27-25(30)21-7-6-8-22(13-21)28-34(31,32)23-9-4-3-5-10-23/h3-14,18-19,28H,15-17H2,1-2H3,(H,27,30). The average Bonchev–Trinajstić information content (AvgIpc) is 2.83. The van der Waals surface area contributed by atoms with E-state index in [1.165, 1.54) is 18.2 Å². The van der Waals surface area contributed by atoms with Gasteiger partial charge in [0, 0.05) is 37.1 Å². The fourth-order valence-electron chi connectivity index (χ4n) is 3.90. The highest BCUT2D eigenvalue weighted by atomic mass is 32.2. The highest BCUT2D eigenvalue weighted by Gasteiger charge is 2.23. The molecular weight excluding hydrogens is 452 g/mol. The number of hydrogen-bond donors (Lipinski definition) is 2. The van der Waals surface area contributed by atoms with Gasteiger partial charge >= 0.3 is 0 Å². The van der Waals surface area contributed by atoms with Gasteiger partial charge in [0.2, 0.25) is 0 Å². The largest absolute Gasteiger partial charge is 0.372 e. The fourth-order valence-corrected chi connectivity index (χ4v) is 4.97. The number of rotatable bonds is 7. The van der Waals surface area contributed by atoms with E-state index >= 15 is 0 Å². The summed E-state index contributed by atoms with van der Waals surface area (Å²) in [6, 6.07) is 18.4. The summed E-state index contributed by atoms with van der Waals surface area (Å²) in [4.78, 5) is 19.6. The lowest BCUT2D eigenvalue weighted by molar-refractivity contribution is -0.00546. The van der Waals surface area contributed by atoms with Crippen LogP contribution in [0.4, 0.5) is 11.5 Å². The fraction of sp³-hybridized carbons (Fsp3) is 0.280. The Morgan fingerprint density at radius 2 is 1.76 bits per heavy atom. The zero-order valence-electron chi connectivity index (χ0n) is 19.1. The summed E-state index contributed by atoms with van der Waals surface area (Å²) in [5.74, 6) is 0.580. The SMILES string of the molecule is CC1CN(c2ccc(CNC(=O)c3cccc(NS(=O)(=O)c4ccccc4)c3)cn2)CC(C)O1. The maximum absolute atomic E-state index is 12.7. The molecule has 1 amide bonds. The molecule has 1 fully saturated rings. The normalized spacial score (nSPS) is 18.4. The van der Waals surface area contributed by atoms with Gasteiger partial charge in [-0.1, -0.05) is 30.3 Å². The predicted molar refractivity (Wildman–Crippen MR) is 131 cm³/mol. The zero-order chi connectivity index (χ0) is 24.1. The van der Waals surface area contributed by atoms with Crippen LogP contribution in [0.1, 0.15) is 29.8 Å². The van der Waals surface area contributed by atoms with Gasteiger partial charge in [-0.15, -0.1) is 0 Å². The third-order valence-corrected chi connectivity index (χ3v) is 6.83. The van der Waals surface area contributed by atoms with E-state index in [1.807, 2.05) is 26.0 Å². The van der Waals surface area contributed by atoms with Crippen LogP contribution in [0.25, 0.3) is 0 Å². The molecule has 0 aliphatic carbocycles. The van der Waals surface area contributed by atoms with Crippen molar-refractivity contribution in [2.45, 2.75) is 37.5 Å². The Labute approximate surface area is 200 Å². The van der Waals surface area contributed by atoms with E-state index in [9.17, 15) is 13.2 Å². The molecule has 0 spiro atoms. The zero-order valence-corrected chi connectivity index (χ0v) is 20.0. The molecule has 2 heterocycles. The molecular formula is C25H28N4O4S. The summed E-state index contributed by atoms with van der Waals surface area (Å²) in [6.45, 7) is 5.99. The van der Waals surface area contributed by atoms with Gasteiger partial charge < -0.3 is 15.0 Å². The summed E-state index contributed by atoms with van der Waals surface area (Å²) in [6.07, 6.45) is 2.06. The smallest absolute Gasteiger partial charge is 0.261 e. The van der Waals surface area contributed by atoms with Crippen molar-refractivity contribution in [3.63, 3.8) is 0 Å². The van der Waals surface area contributed by atoms with Crippen LogP contribution in [-0.2, 0) is 21.3 Å². The van der Waals surface area contributed by atoms with Gasteiger partial charge in [0.1, 0.15) is 5.82 Å². The second kappa shape index (κ2) is 10.2. The molecule has 0 saturated carbocycles. The second-order valence-electron chi connectivity index (χ2n) is 8.37. The number of anilines is 2. The van der Waals surface area contributed by atoms with Gasteiger partial charge in [-0.2, -0.15) is 0 Å². The number of hydrogen-bond acceptors (Lipinski definition) is 6. The molecule has 9 heteroatoms. The molecule has 34 heavy (non-hydrogen) atoms. The molecule has 3 aromatic rings. The van der Waals surface area contributed by atoms with Gasteiger partial charge in [0.05, 0.1) is 17.1 Å². The Hall–Kier alpha value is -3.43. The lowest BCUT2D eigenvalue weighted by Crippen LogP contribution is -2.45. The molecule has 4 rings (SSSR count). The summed E-state index contributed by atoms with van der Waals surface area (Å²) in [5, 5.41) is 2.86. The first-order chi connectivity index (χ1) is 16.3. The van der Waals surface area contributed by atoms with Gasteiger partial charge in [-0.3, -0.25) is 9.52 Å². The van der Waals surface area contributed by atoms with E-state index in [4.69, 9.17) is 4.74 Å². The average molecular weight is 481 g/mol. The predicted octanol–water partition coefficient (Wildman–Crippen LogP) is 3.43. The van der Waals surface area contributed by atoms with Crippen LogP contribution in [0.3, 0.4) is 0 Å². The van der Waals surface area contributed by atoms with Gasteiger partial charge in [0.15, 0.2) is 0 Å². The molecule has 1 saturated heterocycles. The Kier molecular flexibility index (Phi) is 7.14. The van der Waals surface area contributed by atoms with Gasteiger partial charge in [-0.05, 0) is 55.8 Å². The van der Waals surface area contributed by atoms with Gasteiger partial charge in [-0.25, -0.2) is 13.4 Å². The minimum absolute atomic E-state index is 0.150.